The largest absolute Gasteiger partial charge is 0.507 e. The van der Waals surface area contributed by atoms with E-state index in [4.69, 9.17) is 4.74 Å². The van der Waals surface area contributed by atoms with Gasteiger partial charge in [0.25, 0.3) is 0 Å². The number of allylic oxidation sites excluding steroid dienone is 1. The van der Waals surface area contributed by atoms with Gasteiger partial charge >= 0.3 is 5.97 Å². The second kappa shape index (κ2) is 9.07. The van der Waals surface area contributed by atoms with Crippen molar-refractivity contribution in [2.75, 3.05) is 6.61 Å². The van der Waals surface area contributed by atoms with Gasteiger partial charge in [-0.2, -0.15) is 5.26 Å². The highest BCUT2D eigenvalue weighted by molar-refractivity contribution is 5.83. The molecule has 0 bridgehead atoms. The Morgan fingerprint density at radius 3 is 2.55 bits per heavy atom. The Morgan fingerprint density at radius 1 is 1.21 bits per heavy atom. The first kappa shape index (κ1) is 20.2. The Bertz CT molecular complexity index is 1030. The number of fused-ring (bicyclic) bond motifs is 1. The Labute approximate surface area is 169 Å². The third-order valence-corrected chi connectivity index (χ3v) is 5.00. The van der Waals surface area contributed by atoms with Crippen LogP contribution in [0.25, 0.3) is 16.6 Å². The molecular formula is C23H23N3O3. The predicted octanol–water partition coefficient (Wildman–Crippen LogP) is 4.73. The number of esters is 1. The minimum Gasteiger partial charge on any atom is -0.507 e. The molecule has 2 N–H and O–H groups in total. The summed E-state index contributed by atoms with van der Waals surface area (Å²) in [4.78, 5) is 20.1. The van der Waals surface area contributed by atoms with Crippen molar-refractivity contribution >= 4 is 22.6 Å². The van der Waals surface area contributed by atoms with Crippen LogP contribution in [0.2, 0.25) is 0 Å². The van der Waals surface area contributed by atoms with Gasteiger partial charge in [-0.15, -0.1) is 0 Å². The molecule has 0 aliphatic carbocycles. The molecule has 0 aliphatic heterocycles. The van der Waals surface area contributed by atoms with Crippen molar-refractivity contribution in [3.05, 3.63) is 71.7 Å². The van der Waals surface area contributed by atoms with Crippen LogP contribution in [-0.2, 0) is 9.53 Å². The van der Waals surface area contributed by atoms with Crippen molar-refractivity contribution in [1.82, 2.24) is 9.97 Å². The number of aliphatic hydroxyl groups excluding tert-OH is 1. The molecule has 2 aromatic carbocycles. The van der Waals surface area contributed by atoms with Crippen LogP contribution in [0.15, 0.2) is 60.4 Å². The van der Waals surface area contributed by atoms with Crippen molar-refractivity contribution in [3.63, 3.8) is 0 Å². The number of ether oxygens (including phenoxy) is 1. The normalized spacial score (nSPS) is 14.0. The molecule has 0 spiro atoms. The average Bonchev–Trinajstić information content (AvgIpc) is 3.17. The number of hydrogen-bond acceptors (Lipinski definition) is 5. The second-order valence-electron chi connectivity index (χ2n) is 6.92. The number of aliphatic hydroxyl groups is 1. The fraction of sp³-hybridized carbons (Fsp3) is 0.261. The number of carbonyl (C=O) groups excluding carboxylic acids is 1. The molecule has 0 fully saturated rings. The highest BCUT2D eigenvalue weighted by atomic mass is 16.5. The zero-order valence-corrected chi connectivity index (χ0v) is 16.4. The lowest BCUT2D eigenvalue weighted by molar-refractivity contribution is -0.146. The van der Waals surface area contributed by atoms with Crippen LogP contribution >= 0.6 is 0 Å². The number of aromatic amines is 1. The fourth-order valence-electron chi connectivity index (χ4n) is 3.22. The zero-order chi connectivity index (χ0) is 20.8. The van der Waals surface area contributed by atoms with Crippen LogP contribution < -0.4 is 0 Å². The first-order valence-corrected chi connectivity index (χ1v) is 9.54. The molecule has 3 aromatic rings. The van der Waals surface area contributed by atoms with Crippen LogP contribution in [0.1, 0.15) is 37.6 Å². The van der Waals surface area contributed by atoms with E-state index in [1.54, 1.807) is 6.07 Å². The van der Waals surface area contributed by atoms with E-state index in [1.165, 1.54) is 0 Å². The van der Waals surface area contributed by atoms with Gasteiger partial charge in [-0.05, 0) is 23.6 Å². The fourth-order valence-corrected chi connectivity index (χ4v) is 3.22. The molecule has 0 saturated carbocycles. The Kier molecular flexibility index (Phi) is 6.30. The van der Waals surface area contributed by atoms with E-state index in [1.807, 2.05) is 68.4 Å². The number of carbonyl (C=O) groups is 1. The molecule has 1 heterocycles. The van der Waals surface area contributed by atoms with E-state index in [0.29, 0.717) is 5.52 Å². The van der Waals surface area contributed by atoms with Gasteiger partial charge in [-0.1, -0.05) is 62.7 Å². The van der Waals surface area contributed by atoms with Crippen molar-refractivity contribution in [1.29, 1.82) is 5.26 Å². The lowest BCUT2D eigenvalue weighted by atomic mass is 9.86. The summed E-state index contributed by atoms with van der Waals surface area (Å²) in [5.41, 5.74) is 2.25. The van der Waals surface area contributed by atoms with Gasteiger partial charge in [0.2, 0.25) is 0 Å². The number of imidazole rings is 1. The number of aromatic nitrogens is 2. The number of benzene rings is 2. The molecule has 0 saturated heterocycles. The highest BCUT2D eigenvalue weighted by Crippen LogP contribution is 2.28. The zero-order valence-electron chi connectivity index (χ0n) is 16.4. The topological polar surface area (TPSA) is 99.0 Å². The number of rotatable bonds is 7. The van der Waals surface area contributed by atoms with E-state index < -0.39 is 18.5 Å². The molecular weight excluding hydrogens is 366 g/mol. The summed E-state index contributed by atoms with van der Waals surface area (Å²) in [5, 5.41) is 19.9. The van der Waals surface area contributed by atoms with Crippen molar-refractivity contribution in [3.8, 4) is 6.07 Å². The Hall–Kier alpha value is -3.59. The van der Waals surface area contributed by atoms with Gasteiger partial charge in [0.05, 0.1) is 17.0 Å². The van der Waals surface area contributed by atoms with Gasteiger partial charge in [-0.25, -0.2) is 4.98 Å². The molecule has 29 heavy (non-hydrogen) atoms. The SMILES string of the molecule is CC[C@H](C)[C@@H](C(=O)OC/C(O)=C(\C#N)c1nc2ccccc2[nH]1)c1ccccc1. The Balaban J connectivity index is 1.80. The maximum Gasteiger partial charge on any atom is 0.314 e. The van der Waals surface area contributed by atoms with E-state index in [2.05, 4.69) is 9.97 Å². The van der Waals surface area contributed by atoms with E-state index >= 15 is 0 Å². The van der Waals surface area contributed by atoms with E-state index in [-0.39, 0.29) is 23.1 Å². The first-order valence-electron chi connectivity index (χ1n) is 9.54. The minimum atomic E-state index is -0.439. The molecule has 0 unspecified atom stereocenters. The number of nitrogens with zero attached hydrogens (tertiary/aromatic N) is 2. The lowest BCUT2D eigenvalue weighted by Crippen LogP contribution is -2.23. The number of H-pyrrole nitrogens is 1. The molecule has 6 nitrogen and oxygen atoms in total. The quantitative estimate of drug-likeness (QED) is 0.346. The predicted molar refractivity (Wildman–Crippen MR) is 111 cm³/mol. The third kappa shape index (κ3) is 4.46. The van der Waals surface area contributed by atoms with E-state index in [9.17, 15) is 15.2 Å². The number of para-hydroxylation sites is 2. The number of nitriles is 1. The van der Waals surface area contributed by atoms with Gasteiger partial charge in [0.15, 0.2) is 11.6 Å². The van der Waals surface area contributed by atoms with Gasteiger partial charge in [0.1, 0.15) is 18.2 Å². The van der Waals surface area contributed by atoms with Crippen molar-refractivity contribution < 1.29 is 14.6 Å². The maximum atomic E-state index is 12.8. The summed E-state index contributed by atoms with van der Waals surface area (Å²) in [5.74, 6) is -0.897. The molecule has 3 rings (SSSR count). The standard InChI is InChI=1S/C23H23N3O3/c1-3-15(2)21(16-9-5-4-6-10-16)23(28)29-14-20(27)17(13-24)22-25-18-11-7-8-12-19(18)26-22/h4-12,15,21,27H,3,14H2,1-2H3,(H,25,26)/b20-17-/t15-,21+/m0/s1. The lowest BCUT2D eigenvalue weighted by Gasteiger charge is -2.21. The van der Waals surface area contributed by atoms with Crippen LogP contribution in [-0.4, -0.2) is 27.7 Å². The number of hydrogen-bond donors (Lipinski definition) is 2. The molecule has 148 valence electrons. The monoisotopic (exact) mass is 389 g/mol. The summed E-state index contributed by atoms with van der Waals surface area (Å²) in [6, 6.07) is 18.7. The van der Waals surface area contributed by atoms with Gasteiger partial charge < -0.3 is 14.8 Å². The summed E-state index contributed by atoms with van der Waals surface area (Å²) >= 11 is 0. The Morgan fingerprint density at radius 2 is 1.90 bits per heavy atom. The molecule has 0 aliphatic rings. The van der Waals surface area contributed by atoms with Gasteiger partial charge in [-0.3, -0.25) is 4.79 Å². The molecule has 2 atom stereocenters. The van der Waals surface area contributed by atoms with Crippen molar-refractivity contribution in [2.24, 2.45) is 5.92 Å². The average molecular weight is 389 g/mol. The minimum absolute atomic E-state index is 0.0474. The summed E-state index contributed by atoms with van der Waals surface area (Å²) in [6.45, 7) is 3.61. The highest BCUT2D eigenvalue weighted by Gasteiger charge is 2.28. The third-order valence-electron chi connectivity index (χ3n) is 5.00. The van der Waals surface area contributed by atoms with Crippen LogP contribution in [0.4, 0.5) is 0 Å². The molecule has 0 radical (unpaired) electrons. The van der Waals surface area contributed by atoms with Crippen LogP contribution in [0.3, 0.4) is 0 Å². The van der Waals surface area contributed by atoms with Crippen LogP contribution in [0, 0.1) is 17.2 Å². The second-order valence-corrected chi connectivity index (χ2v) is 6.92. The maximum absolute atomic E-state index is 12.8. The molecule has 1 aromatic heterocycles. The van der Waals surface area contributed by atoms with Gasteiger partial charge in [0, 0.05) is 0 Å². The number of nitrogens with one attached hydrogen (secondary N) is 1. The smallest absolute Gasteiger partial charge is 0.314 e. The molecule has 6 heteroatoms. The van der Waals surface area contributed by atoms with E-state index in [0.717, 1.165) is 17.5 Å². The summed E-state index contributed by atoms with van der Waals surface area (Å²) in [6.07, 6.45) is 0.804. The summed E-state index contributed by atoms with van der Waals surface area (Å²) in [7, 11) is 0. The summed E-state index contributed by atoms with van der Waals surface area (Å²) < 4.78 is 5.38. The first-order chi connectivity index (χ1) is 14.0. The molecule has 0 amide bonds. The van der Waals surface area contributed by atoms with Crippen molar-refractivity contribution in [2.45, 2.75) is 26.2 Å². The van der Waals surface area contributed by atoms with Crippen LogP contribution in [0.5, 0.6) is 0 Å².